The standard InChI is InChI=1S/C13H16IN3.C11H19NO3.C7H5IN2/c1-16-11-6-7-12(14)13(8-11)17-10-4-2-9(15)3-5-10;1-11(2,3)15-10(14)12-8-4-6-9(13)7-5-8;1-10-5-2-3-6(8)7(9)4-5/h6-10,17H,2-5,15H2;8H,4-7H2,1-3H3,(H,12,14);2-4H,9H2. The molecule has 2 saturated carbocycles. The topological polar surface area (TPSA) is 128 Å². The Morgan fingerprint density at radius 3 is 1.98 bits per heavy atom. The summed E-state index contributed by atoms with van der Waals surface area (Å²) in [7, 11) is 0. The molecule has 0 saturated heterocycles. The summed E-state index contributed by atoms with van der Waals surface area (Å²) in [6, 6.07) is 12.0. The molecule has 226 valence electrons. The number of nitrogens with one attached hydrogen (secondary N) is 2. The first-order valence-electron chi connectivity index (χ1n) is 13.9. The van der Waals surface area contributed by atoms with Crippen molar-refractivity contribution >= 4 is 79.8 Å². The second-order valence-electron chi connectivity index (χ2n) is 11.3. The Hall–Kier alpha value is -2.62. The van der Waals surface area contributed by atoms with Crippen LogP contribution in [0.4, 0.5) is 27.5 Å². The summed E-state index contributed by atoms with van der Waals surface area (Å²) in [5, 5.41) is 6.32. The van der Waals surface area contributed by atoms with Gasteiger partial charge in [-0.25, -0.2) is 14.5 Å². The molecule has 4 rings (SSSR count). The van der Waals surface area contributed by atoms with Gasteiger partial charge in [-0.3, -0.25) is 4.79 Å². The molecule has 2 aliphatic rings. The van der Waals surface area contributed by atoms with E-state index in [9.17, 15) is 9.59 Å². The van der Waals surface area contributed by atoms with Crippen LogP contribution in [0, 0.1) is 20.3 Å². The minimum Gasteiger partial charge on any atom is -0.444 e. The van der Waals surface area contributed by atoms with E-state index in [0.29, 0.717) is 42.0 Å². The van der Waals surface area contributed by atoms with Gasteiger partial charge in [0.1, 0.15) is 11.4 Å². The van der Waals surface area contributed by atoms with E-state index in [1.54, 1.807) is 12.1 Å². The van der Waals surface area contributed by atoms with E-state index in [4.69, 9.17) is 29.3 Å². The van der Waals surface area contributed by atoms with Crippen LogP contribution in [0.15, 0.2) is 36.4 Å². The monoisotopic (exact) mass is 798 g/mol. The summed E-state index contributed by atoms with van der Waals surface area (Å²) in [5.74, 6) is 0.289. The second-order valence-corrected chi connectivity index (χ2v) is 13.6. The predicted octanol–water partition coefficient (Wildman–Crippen LogP) is 7.97. The number of ether oxygens (including phenoxy) is 1. The summed E-state index contributed by atoms with van der Waals surface area (Å²) >= 11 is 4.43. The Labute approximate surface area is 276 Å². The first kappa shape index (κ1) is 35.6. The highest BCUT2D eigenvalue weighted by Gasteiger charge is 2.23. The molecular weight excluding hydrogens is 758 g/mol. The van der Waals surface area contributed by atoms with Gasteiger partial charge in [0.05, 0.1) is 13.1 Å². The van der Waals surface area contributed by atoms with Crippen molar-refractivity contribution in [2.45, 2.75) is 95.9 Å². The van der Waals surface area contributed by atoms with Gasteiger partial charge in [-0.1, -0.05) is 24.3 Å². The first-order valence-corrected chi connectivity index (χ1v) is 16.1. The number of anilines is 2. The van der Waals surface area contributed by atoms with Gasteiger partial charge in [0.15, 0.2) is 11.4 Å². The van der Waals surface area contributed by atoms with Crippen LogP contribution in [-0.2, 0) is 9.53 Å². The summed E-state index contributed by atoms with van der Waals surface area (Å²) in [4.78, 5) is 29.1. The van der Waals surface area contributed by atoms with Gasteiger partial charge in [-0.2, -0.15) is 0 Å². The number of carbonyl (C=O) groups excluding carboxylic acids is 2. The average Bonchev–Trinajstić information content (AvgIpc) is 2.93. The molecule has 9 nitrogen and oxygen atoms in total. The Balaban J connectivity index is 0.000000228. The lowest BCUT2D eigenvalue weighted by Gasteiger charge is -2.28. The molecule has 2 aromatic rings. The van der Waals surface area contributed by atoms with E-state index in [1.807, 2.05) is 45.0 Å². The van der Waals surface area contributed by atoms with Crippen LogP contribution in [0.2, 0.25) is 0 Å². The smallest absolute Gasteiger partial charge is 0.407 e. The van der Waals surface area contributed by atoms with Crippen LogP contribution in [0.1, 0.15) is 72.1 Å². The number of nitrogen functional groups attached to an aromatic ring is 1. The molecule has 0 aromatic heterocycles. The molecule has 6 N–H and O–H groups in total. The molecule has 11 heteroatoms. The van der Waals surface area contributed by atoms with Crippen LogP contribution in [0.5, 0.6) is 0 Å². The zero-order valence-electron chi connectivity index (χ0n) is 24.4. The molecule has 42 heavy (non-hydrogen) atoms. The minimum absolute atomic E-state index is 0.0950. The molecule has 0 atom stereocenters. The summed E-state index contributed by atoms with van der Waals surface area (Å²) in [6.07, 6.45) is 6.66. The van der Waals surface area contributed by atoms with E-state index in [0.717, 1.165) is 47.8 Å². The molecule has 0 spiro atoms. The van der Waals surface area contributed by atoms with Gasteiger partial charge in [-0.05, 0) is 117 Å². The largest absolute Gasteiger partial charge is 0.444 e. The zero-order valence-corrected chi connectivity index (χ0v) is 28.7. The van der Waals surface area contributed by atoms with Crippen molar-refractivity contribution in [1.29, 1.82) is 0 Å². The maximum absolute atomic E-state index is 11.4. The van der Waals surface area contributed by atoms with Crippen molar-refractivity contribution in [3.05, 3.63) is 66.4 Å². The summed E-state index contributed by atoms with van der Waals surface area (Å²) in [5.41, 5.74) is 14.0. The molecular formula is C31H40I2N6O3. The maximum Gasteiger partial charge on any atom is 0.407 e. The van der Waals surface area contributed by atoms with Crippen molar-refractivity contribution in [2.24, 2.45) is 5.73 Å². The van der Waals surface area contributed by atoms with E-state index in [2.05, 4.69) is 65.5 Å². The fraction of sp³-hybridized carbons (Fsp3) is 0.484. The van der Waals surface area contributed by atoms with Crippen LogP contribution in [0.25, 0.3) is 9.69 Å². The number of carbonyl (C=O) groups is 2. The third-order valence-corrected chi connectivity index (χ3v) is 8.51. The molecule has 1 amide bonds. The minimum atomic E-state index is -0.464. The average molecular weight is 799 g/mol. The van der Waals surface area contributed by atoms with Gasteiger partial charge in [0.25, 0.3) is 0 Å². The number of halogens is 2. The van der Waals surface area contributed by atoms with Crippen LogP contribution >= 0.6 is 45.2 Å². The molecule has 0 bridgehead atoms. The van der Waals surface area contributed by atoms with E-state index < -0.39 is 5.60 Å². The molecule has 2 fully saturated rings. The van der Waals surface area contributed by atoms with Crippen LogP contribution < -0.4 is 22.1 Å². The summed E-state index contributed by atoms with van der Waals surface area (Å²) in [6.45, 7) is 19.2. The number of ketones is 1. The fourth-order valence-electron chi connectivity index (χ4n) is 4.34. The number of nitrogens with two attached hydrogens (primary N) is 2. The molecule has 0 radical (unpaired) electrons. The fourth-order valence-corrected chi connectivity index (χ4v) is 5.16. The number of benzene rings is 2. The lowest BCUT2D eigenvalue weighted by atomic mass is 9.91. The van der Waals surface area contributed by atoms with Gasteiger partial charge in [-0.15, -0.1) is 0 Å². The number of hydrogen-bond donors (Lipinski definition) is 4. The molecule has 2 aliphatic carbocycles. The third-order valence-electron chi connectivity index (χ3n) is 6.58. The quantitative estimate of drug-likeness (QED) is 0.142. The van der Waals surface area contributed by atoms with E-state index >= 15 is 0 Å². The van der Waals surface area contributed by atoms with Crippen molar-refractivity contribution in [3.8, 4) is 0 Å². The van der Waals surface area contributed by atoms with Gasteiger partial charge >= 0.3 is 6.09 Å². The lowest BCUT2D eigenvalue weighted by Crippen LogP contribution is -2.40. The van der Waals surface area contributed by atoms with Gasteiger partial charge in [0.2, 0.25) is 0 Å². The van der Waals surface area contributed by atoms with Crippen molar-refractivity contribution in [1.82, 2.24) is 5.32 Å². The van der Waals surface area contributed by atoms with E-state index in [-0.39, 0.29) is 17.9 Å². The highest BCUT2D eigenvalue weighted by molar-refractivity contribution is 14.1. The highest BCUT2D eigenvalue weighted by atomic mass is 127. The normalized spacial score (nSPS) is 18.5. The number of rotatable bonds is 3. The van der Waals surface area contributed by atoms with Crippen LogP contribution in [0.3, 0.4) is 0 Å². The maximum atomic E-state index is 11.4. The van der Waals surface area contributed by atoms with E-state index in [1.165, 1.54) is 3.57 Å². The second kappa shape index (κ2) is 17.5. The van der Waals surface area contributed by atoms with Crippen molar-refractivity contribution in [3.63, 3.8) is 0 Å². The van der Waals surface area contributed by atoms with Gasteiger partial charge < -0.3 is 26.8 Å². The number of hydrogen-bond acceptors (Lipinski definition) is 6. The SMILES string of the molecule is CC(C)(C)OC(=O)NC1CCC(=O)CC1.[C-]#[N+]c1ccc(I)c(N)c1.[C-]#[N+]c1ccc(I)c(NC2CCC(N)CC2)c1. The molecule has 0 unspecified atom stereocenters. The Morgan fingerprint density at radius 2 is 1.45 bits per heavy atom. The number of nitrogens with zero attached hydrogens (tertiary/aromatic N) is 2. The Morgan fingerprint density at radius 1 is 0.905 bits per heavy atom. The third kappa shape index (κ3) is 13.6. The molecule has 0 heterocycles. The van der Waals surface area contributed by atoms with Crippen molar-refractivity contribution in [2.75, 3.05) is 11.1 Å². The van der Waals surface area contributed by atoms with Crippen LogP contribution in [-0.4, -0.2) is 35.6 Å². The number of Topliss-reactive ketones (excluding diaryl/α,β-unsaturated/α-hetero) is 1. The number of alkyl carbamates (subject to hydrolysis) is 1. The lowest BCUT2D eigenvalue weighted by molar-refractivity contribution is -0.120. The molecule has 0 aliphatic heterocycles. The predicted molar refractivity (Wildman–Crippen MR) is 186 cm³/mol. The Bertz CT molecular complexity index is 1280. The van der Waals surface area contributed by atoms with Crippen molar-refractivity contribution < 1.29 is 14.3 Å². The highest BCUT2D eigenvalue weighted by Crippen LogP contribution is 2.28. The Kier molecular flexibility index (Phi) is 14.8. The summed E-state index contributed by atoms with van der Waals surface area (Å²) < 4.78 is 7.29. The number of amides is 1. The first-order chi connectivity index (χ1) is 19.8. The molecule has 2 aromatic carbocycles. The zero-order chi connectivity index (χ0) is 31.3. The van der Waals surface area contributed by atoms with Gasteiger partial charge in [0, 0.05) is 49.5 Å².